The van der Waals surface area contributed by atoms with Gasteiger partial charge in [-0.15, -0.1) is 11.3 Å². The van der Waals surface area contributed by atoms with Crippen molar-refractivity contribution >= 4 is 50.5 Å². The minimum absolute atomic E-state index is 0.420. The van der Waals surface area contributed by atoms with Crippen LogP contribution in [-0.4, -0.2) is 27.2 Å². The summed E-state index contributed by atoms with van der Waals surface area (Å²) in [4.78, 5) is 18.0. The number of carbonyl (C=O) groups excluding carboxylic acids is 1. The molecule has 41 heavy (non-hydrogen) atoms. The van der Waals surface area contributed by atoms with Crippen LogP contribution < -0.4 is 0 Å². The van der Waals surface area contributed by atoms with E-state index in [1.165, 1.54) is 36.6 Å². The summed E-state index contributed by atoms with van der Waals surface area (Å²) in [5.74, 6) is -0.420. The van der Waals surface area contributed by atoms with E-state index in [4.69, 9.17) is 4.84 Å². The predicted octanol–water partition coefficient (Wildman–Crippen LogP) is 9.34. The largest absolute Gasteiger partial charge is 0.411 e. The number of nitrogens with zero attached hydrogens (tertiary/aromatic N) is 3. The lowest BCUT2D eigenvalue weighted by Crippen LogP contribution is -2.04. The van der Waals surface area contributed by atoms with E-state index in [2.05, 4.69) is 75.7 Å². The fraction of sp³-hybridized carbons (Fsp3) is 0.265. The van der Waals surface area contributed by atoms with Gasteiger partial charge in [-0.2, -0.15) is 0 Å². The van der Waals surface area contributed by atoms with Crippen LogP contribution in [0.15, 0.2) is 88.5 Å². The molecule has 7 heteroatoms. The Hall–Kier alpha value is -4.23. The van der Waals surface area contributed by atoms with Crippen LogP contribution in [0.3, 0.4) is 0 Å². The van der Waals surface area contributed by atoms with Crippen molar-refractivity contribution in [3.8, 4) is 16.1 Å². The molecule has 0 unspecified atom stereocenters. The molecule has 0 saturated carbocycles. The summed E-state index contributed by atoms with van der Waals surface area (Å²) in [7, 11) is 0. The van der Waals surface area contributed by atoms with Crippen LogP contribution in [-0.2, 0) is 9.63 Å². The monoisotopic (exact) mass is 565 g/mol. The van der Waals surface area contributed by atoms with Crippen molar-refractivity contribution in [3.05, 3.63) is 89.3 Å². The predicted molar refractivity (Wildman–Crippen MR) is 170 cm³/mol. The van der Waals surface area contributed by atoms with Crippen LogP contribution in [0.2, 0.25) is 0 Å². The summed E-state index contributed by atoms with van der Waals surface area (Å²) in [5, 5.41) is 21.2. The van der Waals surface area contributed by atoms with Crippen LogP contribution in [0, 0.1) is 0 Å². The maximum absolute atomic E-state index is 11.6. The van der Waals surface area contributed by atoms with E-state index in [1.54, 1.807) is 18.3 Å². The summed E-state index contributed by atoms with van der Waals surface area (Å²) in [6.45, 7) is 5.37. The molecular weight excluding hydrogens is 530 g/mol. The zero-order valence-corrected chi connectivity index (χ0v) is 24.6. The average molecular weight is 566 g/mol. The molecule has 2 aromatic heterocycles. The van der Waals surface area contributed by atoms with Gasteiger partial charge in [-0.1, -0.05) is 73.3 Å². The second-order valence-electron chi connectivity index (χ2n) is 10.3. The molecule has 0 saturated heterocycles. The lowest BCUT2D eigenvalue weighted by Gasteiger charge is -2.10. The SMILES string of the molecule is CCCCCCC/C(=N\OC(C)=O)c1ccc2c(c1)c1cc(-c3cccs3)ccc1n2-c1ccc(/C(C)=N/O)cc1. The van der Waals surface area contributed by atoms with Crippen molar-refractivity contribution in [2.45, 2.75) is 59.3 Å². The molecule has 2 heterocycles. The Bertz CT molecular complexity index is 1710. The second-order valence-corrected chi connectivity index (χ2v) is 11.2. The zero-order valence-electron chi connectivity index (χ0n) is 23.8. The normalized spacial score (nSPS) is 12.4. The minimum atomic E-state index is -0.420. The number of rotatable bonds is 11. The molecule has 3 aromatic carbocycles. The van der Waals surface area contributed by atoms with Crippen LogP contribution in [0.5, 0.6) is 0 Å². The number of unbranched alkanes of at least 4 members (excludes halogenated alkanes) is 4. The Morgan fingerprint density at radius 2 is 1.59 bits per heavy atom. The quantitative estimate of drug-likeness (QED) is 0.0570. The van der Waals surface area contributed by atoms with Gasteiger partial charge in [0.2, 0.25) is 0 Å². The molecule has 0 bridgehead atoms. The van der Waals surface area contributed by atoms with Gasteiger partial charge in [-0.05, 0) is 78.7 Å². The van der Waals surface area contributed by atoms with Crippen molar-refractivity contribution in [2.75, 3.05) is 0 Å². The van der Waals surface area contributed by atoms with Crippen LogP contribution >= 0.6 is 11.3 Å². The number of benzene rings is 3. The molecule has 210 valence electrons. The third-order valence-electron chi connectivity index (χ3n) is 7.40. The lowest BCUT2D eigenvalue weighted by atomic mass is 10.0. The van der Waals surface area contributed by atoms with E-state index in [1.807, 2.05) is 24.3 Å². The van der Waals surface area contributed by atoms with Crippen LogP contribution in [0.1, 0.15) is 70.4 Å². The van der Waals surface area contributed by atoms with E-state index in [-0.39, 0.29) is 0 Å². The third-order valence-corrected chi connectivity index (χ3v) is 8.32. The van der Waals surface area contributed by atoms with E-state index >= 15 is 0 Å². The molecule has 0 aliphatic rings. The summed E-state index contributed by atoms with van der Waals surface area (Å²) < 4.78 is 2.26. The molecular formula is C34H35N3O3S. The van der Waals surface area contributed by atoms with Gasteiger partial charge in [0, 0.05) is 33.8 Å². The first-order chi connectivity index (χ1) is 20.0. The molecule has 5 rings (SSSR count). The molecule has 0 amide bonds. The topological polar surface area (TPSA) is 76.2 Å². The third kappa shape index (κ3) is 6.25. The number of aromatic nitrogens is 1. The highest BCUT2D eigenvalue weighted by Gasteiger charge is 2.16. The number of oxime groups is 2. The van der Waals surface area contributed by atoms with E-state index in [0.717, 1.165) is 63.6 Å². The van der Waals surface area contributed by atoms with E-state index < -0.39 is 5.97 Å². The van der Waals surface area contributed by atoms with Gasteiger partial charge in [0.1, 0.15) is 0 Å². The average Bonchev–Trinajstić information content (AvgIpc) is 3.64. The smallest absolute Gasteiger partial charge is 0.331 e. The van der Waals surface area contributed by atoms with Gasteiger partial charge in [0.25, 0.3) is 0 Å². The first-order valence-electron chi connectivity index (χ1n) is 14.2. The lowest BCUT2D eigenvalue weighted by molar-refractivity contribution is -0.140. The minimum Gasteiger partial charge on any atom is -0.411 e. The number of thiophene rings is 1. The van der Waals surface area contributed by atoms with Crippen molar-refractivity contribution in [2.24, 2.45) is 10.3 Å². The molecule has 6 nitrogen and oxygen atoms in total. The number of hydrogen-bond donors (Lipinski definition) is 1. The highest BCUT2D eigenvalue weighted by molar-refractivity contribution is 7.13. The summed E-state index contributed by atoms with van der Waals surface area (Å²) in [6, 6.07) is 25.2. The summed E-state index contributed by atoms with van der Waals surface area (Å²) in [6.07, 6.45) is 6.47. The molecule has 0 aliphatic heterocycles. The molecule has 0 spiro atoms. The van der Waals surface area contributed by atoms with Gasteiger partial charge in [0.15, 0.2) is 0 Å². The van der Waals surface area contributed by atoms with E-state index in [0.29, 0.717) is 5.71 Å². The maximum atomic E-state index is 11.6. The van der Waals surface area contributed by atoms with Crippen LogP contribution in [0.4, 0.5) is 0 Å². The zero-order chi connectivity index (χ0) is 28.8. The fourth-order valence-electron chi connectivity index (χ4n) is 5.24. The molecule has 1 N–H and O–H groups in total. The number of fused-ring (bicyclic) bond motifs is 3. The highest BCUT2D eigenvalue weighted by Crippen LogP contribution is 2.36. The second kappa shape index (κ2) is 13.0. The Kier molecular flexibility index (Phi) is 8.95. The van der Waals surface area contributed by atoms with Gasteiger partial charge < -0.3 is 14.6 Å². The molecule has 0 fully saturated rings. The van der Waals surface area contributed by atoms with Gasteiger partial charge in [-0.25, -0.2) is 4.79 Å². The Balaban J connectivity index is 1.64. The molecule has 0 atom stereocenters. The van der Waals surface area contributed by atoms with Crippen molar-refractivity contribution in [1.29, 1.82) is 0 Å². The van der Waals surface area contributed by atoms with Crippen molar-refractivity contribution in [3.63, 3.8) is 0 Å². The van der Waals surface area contributed by atoms with Gasteiger partial charge in [-0.3, -0.25) is 0 Å². The van der Waals surface area contributed by atoms with Gasteiger partial charge in [0.05, 0.1) is 22.5 Å². The van der Waals surface area contributed by atoms with Crippen LogP contribution in [0.25, 0.3) is 37.9 Å². The Morgan fingerprint density at radius 3 is 2.27 bits per heavy atom. The first kappa shape index (κ1) is 28.3. The first-order valence-corrected chi connectivity index (χ1v) is 15.0. The van der Waals surface area contributed by atoms with Gasteiger partial charge >= 0.3 is 5.97 Å². The molecule has 0 aliphatic carbocycles. The van der Waals surface area contributed by atoms with Crippen molar-refractivity contribution < 1.29 is 14.8 Å². The fourth-order valence-corrected chi connectivity index (χ4v) is 5.97. The number of carbonyl (C=O) groups is 1. The standard InChI is InChI=1S/C34H35N3O3S/c1-4-5-6-7-8-10-31(36-40-24(3)38)26-14-18-32-29(21-26)30-22-27(34-11-9-20-41-34)15-19-33(30)37(32)28-16-12-25(13-17-28)23(2)35-39/h9,11-22,39H,4-8,10H2,1-3H3/b35-23+,36-31+. The van der Waals surface area contributed by atoms with Crippen molar-refractivity contribution in [1.82, 2.24) is 4.57 Å². The maximum Gasteiger partial charge on any atom is 0.331 e. The molecule has 0 radical (unpaired) electrons. The number of hydrogen-bond acceptors (Lipinski definition) is 6. The molecule has 5 aromatic rings. The highest BCUT2D eigenvalue weighted by atomic mass is 32.1. The Labute approximate surface area is 244 Å². The Morgan fingerprint density at radius 1 is 0.878 bits per heavy atom. The summed E-state index contributed by atoms with van der Waals surface area (Å²) >= 11 is 1.73. The summed E-state index contributed by atoms with van der Waals surface area (Å²) in [5.41, 5.74) is 7.53. The van der Waals surface area contributed by atoms with E-state index in [9.17, 15) is 10.0 Å².